The van der Waals surface area contributed by atoms with Crippen molar-refractivity contribution in [2.24, 2.45) is 0 Å². The van der Waals surface area contributed by atoms with Crippen molar-refractivity contribution in [1.29, 1.82) is 0 Å². The van der Waals surface area contributed by atoms with Crippen LogP contribution in [0.2, 0.25) is 0 Å². The highest BCUT2D eigenvalue weighted by Gasteiger charge is 2.30. The van der Waals surface area contributed by atoms with Gasteiger partial charge in [-0.15, -0.1) is 0 Å². The smallest absolute Gasteiger partial charge is 0.245 e. The minimum atomic E-state index is -0.285. The molecule has 1 aliphatic heterocycles. The lowest BCUT2D eigenvalue weighted by Crippen LogP contribution is -2.50. The van der Waals surface area contributed by atoms with E-state index < -0.39 is 0 Å². The molecular weight excluding hydrogens is 365 g/mol. The summed E-state index contributed by atoms with van der Waals surface area (Å²) in [6.45, 7) is 1.79. The molecular formula is C18H18FN7O2. The van der Waals surface area contributed by atoms with Crippen molar-refractivity contribution in [2.45, 2.75) is 25.4 Å². The fourth-order valence-electron chi connectivity index (χ4n) is 3.23. The minimum absolute atomic E-state index is 0.0203. The van der Waals surface area contributed by atoms with Gasteiger partial charge in [-0.1, -0.05) is 12.1 Å². The predicted molar refractivity (Wildman–Crippen MR) is 98.1 cm³/mol. The number of halogens is 1. The van der Waals surface area contributed by atoms with Gasteiger partial charge in [0.05, 0.1) is 6.54 Å². The number of piperazine rings is 1. The molecule has 2 aromatic heterocycles. The van der Waals surface area contributed by atoms with Crippen molar-refractivity contribution in [1.82, 2.24) is 25.2 Å². The second-order valence-corrected chi connectivity index (χ2v) is 7.09. The lowest BCUT2D eigenvalue weighted by molar-refractivity contribution is -0.131. The second-order valence-electron chi connectivity index (χ2n) is 7.09. The van der Waals surface area contributed by atoms with Gasteiger partial charge in [-0.2, -0.15) is 0 Å². The molecule has 5 rings (SSSR count). The average molecular weight is 383 g/mol. The van der Waals surface area contributed by atoms with E-state index in [1.807, 2.05) is 4.90 Å². The van der Waals surface area contributed by atoms with Gasteiger partial charge in [-0.3, -0.25) is 4.79 Å². The van der Waals surface area contributed by atoms with E-state index in [-0.39, 0.29) is 18.3 Å². The first kappa shape index (κ1) is 16.8. The van der Waals surface area contributed by atoms with Crippen molar-refractivity contribution in [3.63, 3.8) is 0 Å². The summed E-state index contributed by atoms with van der Waals surface area (Å²) in [5.41, 5.74) is 1.56. The highest BCUT2D eigenvalue weighted by atomic mass is 19.1. The van der Waals surface area contributed by atoms with Crippen LogP contribution >= 0.6 is 0 Å². The number of fused-ring (bicyclic) bond motifs is 1. The number of carbonyl (C=O) groups is 1. The van der Waals surface area contributed by atoms with Gasteiger partial charge in [-0.05, 0) is 40.9 Å². The van der Waals surface area contributed by atoms with Crippen molar-refractivity contribution in [2.75, 3.05) is 29.9 Å². The molecule has 10 heteroatoms. The van der Waals surface area contributed by atoms with Crippen LogP contribution in [0, 0.1) is 5.82 Å². The lowest BCUT2D eigenvalue weighted by Gasteiger charge is -2.35. The van der Waals surface area contributed by atoms with Gasteiger partial charge in [0.1, 0.15) is 5.82 Å². The third-order valence-electron chi connectivity index (χ3n) is 4.92. The number of nitrogens with zero attached hydrogens (tertiary/aromatic N) is 6. The van der Waals surface area contributed by atoms with Gasteiger partial charge in [0.2, 0.25) is 17.2 Å². The number of nitrogens with one attached hydrogen (secondary N) is 1. The number of carbonyl (C=O) groups excluding carboxylic acids is 1. The summed E-state index contributed by atoms with van der Waals surface area (Å²) in [4.78, 5) is 25.3. The summed E-state index contributed by atoms with van der Waals surface area (Å²) < 4.78 is 17.8. The van der Waals surface area contributed by atoms with Gasteiger partial charge in [0.25, 0.3) is 0 Å². The molecule has 9 nitrogen and oxygen atoms in total. The van der Waals surface area contributed by atoms with E-state index >= 15 is 0 Å². The Hall–Kier alpha value is -3.30. The second kappa shape index (κ2) is 6.70. The normalized spacial score (nSPS) is 17.4. The van der Waals surface area contributed by atoms with E-state index in [4.69, 9.17) is 4.63 Å². The molecule has 1 aromatic carbocycles. The Labute approximate surface area is 159 Å². The Morgan fingerprint density at radius 2 is 1.86 bits per heavy atom. The van der Waals surface area contributed by atoms with Crippen LogP contribution in [0.25, 0.3) is 11.3 Å². The molecule has 0 bridgehead atoms. The first-order valence-corrected chi connectivity index (χ1v) is 9.20. The molecule has 3 heterocycles. The monoisotopic (exact) mass is 383 g/mol. The van der Waals surface area contributed by atoms with Crippen LogP contribution in [0.15, 0.2) is 28.9 Å². The first-order chi connectivity index (χ1) is 13.7. The van der Waals surface area contributed by atoms with Crippen LogP contribution in [-0.4, -0.2) is 56.8 Å². The van der Waals surface area contributed by atoms with Crippen LogP contribution in [0.3, 0.4) is 0 Å². The Kier molecular flexibility index (Phi) is 4.03. The summed E-state index contributed by atoms with van der Waals surface area (Å²) in [5.74, 6) is 0.885. The molecule has 28 heavy (non-hydrogen) atoms. The summed E-state index contributed by atoms with van der Waals surface area (Å²) in [5, 5.41) is 10.9. The molecule has 144 valence electrons. The van der Waals surface area contributed by atoms with E-state index in [1.54, 1.807) is 17.0 Å². The zero-order chi connectivity index (χ0) is 19.1. The Morgan fingerprint density at radius 3 is 2.57 bits per heavy atom. The van der Waals surface area contributed by atoms with E-state index in [2.05, 4.69) is 25.6 Å². The van der Waals surface area contributed by atoms with Gasteiger partial charge in [0.15, 0.2) is 11.6 Å². The van der Waals surface area contributed by atoms with Crippen LogP contribution in [0.4, 0.5) is 16.0 Å². The number of hydrogen-bond donors (Lipinski definition) is 1. The number of anilines is 2. The molecule has 0 radical (unpaired) electrons. The maximum atomic E-state index is 13.1. The molecule has 2 fully saturated rings. The number of amides is 1. The van der Waals surface area contributed by atoms with Crippen molar-refractivity contribution < 1.29 is 13.8 Å². The van der Waals surface area contributed by atoms with Crippen LogP contribution < -0.4 is 10.2 Å². The molecule has 3 aromatic rings. The predicted octanol–water partition coefficient (Wildman–Crippen LogP) is 1.57. The molecule has 2 aliphatic rings. The lowest BCUT2D eigenvalue weighted by atomic mass is 10.2. The molecule has 1 aliphatic carbocycles. The third-order valence-corrected chi connectivity index (χ3v) is 4.92. The third kappa shape index (κ3) is 3.32. The fourth-order valence-corrected chi connectivity index (χ4v) is 3.23. The zero-order valence-electron chi connectivity index (χ0n) is 15.0. The summed E-state index contributed by atoms with van der Waals surface area (Å²) in [7, 11) is 0. The maximum absolute atomic E-state index is 13.1. The molecule has 1 saturated heterocycles. The van der Waals surface area contributed by atoms with E-state index in [9.17, 15) is 9.18 Å². The highest BCUT2D eigenvalue weighted by Crippen LogP contribution is 2.30. The quantitative estimate of drug-likeness (QED) is 0.709. The Balaban J connectivity index is 1.35. The van der Waals surface area contributed by atoms with E-state index in [1.165, 1.54) is 12.1 Å². The largest absolute Gasteiger partial charge is 0.364 e. The van der Waals surface area contributed by atoms with Crippen LogP contribution in [0.5, 0.6) is 0 Å². The topological polar surface area (TPSA) is 100 Å². The molecule has 1 saturated carbocycles. The highest BCUT2D eigenvalue weighted by molar-refractivity contribution is 5.84. The van der Waals surface area contributed by atoms with Crippen molar-refractivity contribution in [3.05, 3.63) is 35.6 Å². The standard InChI is InChI=1S/C18H18FN7O2/c19-12-3-1-11(2-4-12)9-25-7-8-26(10-14(25)27)18-17(20-13-5-6-13)21-15-16(22-18)24-28-23-15/h1-4,13H,5-10H2,(H,20,21,23). The summed E-state index contributed by atoms with van der Waals surface area (Å²) in [6, 6.07) is 6.58. The van der Waals surface area contributed by atoms with Crippen molar-refractivity contribution >= 4 is 28.8 Å². The Morgan fingerprint density at radius 1 is 1.11 bits per heavy atom. The zero-order valence-corrected chi connectivity index (χ0v) is 15.0. The van der Waals surface area contributed by atoms with Crippen LogP contribution in [-0.2, 0) is 11.3 Å². The SMILES string of the molecule is O=C1CN(c2nc3nonc3nc2NC2CC2)CCN1Cc1ccc(F)cc1. The summed E-state index contributed by atoms with van der Waals surface area (Å²) >= 11 is 0. The van der Waals surface area contributed by atoms with Gasteiger partial charge >= 0.3 is 0 Å². The number of aromatic nitrogens is 4. The molecule has 1 N–H and O–H groups in total. The maximum Gasteiger partial charge on any atom is 0.245 e. The fraction of sp³-hybridized carbons (Fsp3) is 0.389. The van der Waals surface area contributed by atoms with E-state index in [0.29, 0.717) is 48.6 Å². The van der Waals surface area contributed by atoms with Gasteiger partial charge in [0, 0.05) is 25.7 Å². The van der Waals surface area contributed by atoms with E-state index in [0.717, 1.165) is 18.4 Å². The molecule has 0 unspecified atom stereocenters. The number of hydrogen-bond acceptors (Lipinski definition) is 8. The van der Waals surface area contributed by atoms with Gasteiger partial charge in [-0.25, -0.2) is 19.0 Å². The minimum Gasteiger partial charge on any atom is -0.364 e. The molecule has 0 spiro atoms. The average Bonchev–Trinajstić information content (AvgIpc) is 3.39. The number of rotatable bonds is 5. The molecule has 1 amide bonds. The van der Waals surface area contributed by atoms with Gasteiger partial charge < -0.3 is 15.1 Å². The Bertz CT molecular complexity index is 1020. The first-order valence-electron chi connectivity index (χ1n) is 9.20. The van der Waals surface area contributed by atoms with Crippen molar-refractivity contribution in [3.8, 4) is 0 Å². The summed E-state index contributed by atoms with van der Waals surface area (Å²) in [6.07, 6.45) is 2.17. The molecule has 0 atom stereocenters. The number of benzene rings is 1. The van der Waals surface area contributed by atoms with Crippen LogP contribution in [0.1, 0.15) is 18.4 Å².